The molecule has 2 unspecified atom stereocenters. The maximum absolute atomic E-state index is 12.0. The van der Waals surface area contributed by atoms with Gasteiger partial charge < -0.3 is 9.84 Å². The average molecular weight is 226 g/mol. The van der Waals surface area contributed by atoms with E-state index < -0.39 is 11.0 Å². The smallest absolute Gasteiger partial charge is 0.312 e. The lowest BCUT2D eigenvalue weighted by molar-refractivity contribution is -0.166. The molecule has 0 spiro atoms. The van der Waals surface area contributed by atoms with E-state index in [0.717, 1.165) is 6.42 Å². The zero-order chi connectivity index (χ0) is 12.4. The maximum Gasteiger partial charge on any atom is 0.312 e. The Balaban J connectivity index is 2.72. The Kier molecular flexibility index (Phi) is 3.79. The van der Waals surface area contributed by atoms with E-state index in [1.807, 2.05) is 20.8 Å². The third-order valence-electron chi connectivity index (χ3n) is 3.59. The number of hydrogen-bond acceptors (Lipinski definition) is 3. The normalized spacial score (nSPS) is 30.1. The molecular weight excluding hydrogens is 204 g/mol. The Morgan fingerprint density at radius 1 is 1.69 bits per heavy atom. The molecule has 0 bridgehead atoms. The fourth-order valence-electron chi connectivity index (χ4n) is 1.80. The molecule has 3 heteroatoms. The second-order valence-corrected chi connectivity index (χ2v) is 5.29. The molecule has 0 aromatic carbocycles. The summed E-state index contributed by atoms with van der Waals surface area (Å²) in [5.74, 6) is -0.205. The lowest BCUT2D eigenvalue weighted by atomic mass is 9.90. The topological polar surface area (TPSA) is 46.5 Å². The molecule has 0 saturated heterocycles. The van der Waals surface area contributed by atoms with Crippen LogP contribution in [-0.4, -0.2) is 22.8 Å². The van der Waals surface area contributed by atoms with Crippen molar-refractivity contribution in [1.82, 2.24) is 0 Å². The summed E-state index contributed by atoms with van der Waals surface area (Å²) in [6.45, 7) is 9.43. The standard InChI is InChI=1S/C13H22O3/c1-5-12(3,4)11(15)16-13(6-2)8-7-10(14)9-13/h6,10,14H,2,5,7-9H2,1,3-4H3. The van der Waals surface area contributed by atoms with Crippen LogP contribution in [0.4, 0.5) is 0 Å². The van der Waals surface area contributed by atoms with Crippen LogP contribution >= 0.6 is 0 Å². The summed E-state index contributed by atoms with van der Waals surface area (Å²) in [4.78, 5) is 12.0. The van der Waals surface area contributed by atoms with Gasteiger partial charge in [-0.15, -0.1) is 0 Å². The zero-order valence-corrected chi connectivity index (χ0v) is 10.5. The number of hydrogen-bond donors (Lipinski definition) is 1. The Labute approximate surface area is 97.5 Å². The second-order valence-electron chi connectivity index (χ2n) is 5.29. The van der Waals surface area contributed by atoms with E-state index in [-0.39, 0.29) is 12.1 Å². The molecule has 1 saturated carbocycles. The first kappa shape index (κ1) is 13.2. The minimum absolute atomic E-state index is 0.205. The van der Waals surface area contributed by atoms with Crippen LogP contribution in [0, 0.1) is 5.41 Å². The van der Waals surface area contributed by atoms with Gasteiger partial charge >= 0.3 is 5.97 Å². The van der Waals surface area contributed by atoms with Crippen molar-refractivity contribution in [3.63, 3.8) is 0 Å². The summed E-state index contributed by atoms with van der Waals surface area (Å²) in [6.07, 6.45) is 3.83. The van der Waals surface area contributed by atoms with Crippen LogP contribution in [0.3, 0.4) is 0 Å². The van der Waals surface area contributed by atoms with E-state index >= 15 is 0 Å². The Morgan fingerprint density at radius 2 is 2.31 bits per heavy atom. The lowest BCUT2D eigenvalue weighted by Crippen LogP contribution is -2.36. The first-order valence-electron chi connectivity index (χ1n) is 5.90. The van der Waals surface area contributed by atoms with Gasteiger partial charge in [0.25, 0.3) is 0 Å². The van der Waals surface area contributed by atoms with Gasteiger partial charge in [-0.25, -0.2) is 0 Å². The molecule has 1 rings (SSSR count). The molecule has 0 amide bonds. The van der Waals surface area contributed by atoms with Gasteiger partial charge in [0.2, 0.25) is 0 Å². The molecule has 0 aromatic rings. The van der Waals surface area contributed by atoms with Gasteiger partial charge in [0.1, 0.15) is 5.60 Å². The van der Waals surface area contributed by atoms with Gasteiger partial charge in [-0.05, 0) is 39.2 Å². The number of carbonyl (C=O) groups excluding carboxylic acids is 1. The van der Waals surface area contributed by atoms with Crippen molar-refractivity contribution in [1.29, 1.82) is 0 Å². The molecule has 0 heterocycles. The highest BCUT2D eigenvalue weighted by atomic mass is 16.6. The summed E-state index contributed by atoms with van der Waals surface area (Å²) in [5.41, 5.74) is -1.12. The average Bonchev–Trinajstić information content (AvgIpc) is 2.60. The summed E-state index contributed by atoms with van der Waals surface area (Å²) in [7, 11) is 0. The first-order valence-corrected chi connectivity index (χ1v) is 5.90. The summed E-state index contributed by atoms with van der Waals surface area (Å²) in [5, 5.41) is 9.53. The quantitative estimate of drug-likeness (QED) is 0.591. The molecule has 0 radical (unpaired) electrons. The SMILES string of the molecule is C=CC1(OC(=O)C(C)(C)CC)CCC(O)C1. The van der Waals surface area contributed by atoms with Crippen molar-refractivity contribution in [2.75, 3.05) is 0 Å². The Hall–Kier alpha value is -0.830. The monoisotopic (exact) mass is 226 g/mol. The number of ether oxygens (including phenoxy) is 1. The first-order chi connectivity index (χ1) is 7.35. The van der Waals surface area contributed by atoms with Crippen LogP contribution in [0.1, 0.15) is 46.5 Å². The lowest BCUT2D eigenvalue weighted by Gasteiger charge is -2.30. The molecule has 16 heavy (non-hydrogen) atoms. The number of rotatable bonds is 4. The van der Waals surface area contributed by atoms with Gasteiger partial charge in [0.05, 0.1) is 11.5 Å². The number of carbonyl (C=O) groups is 1. The second kappa shape index (κ2) is 4.58. The third-order valence-corrected chi connectivity index (χ3v) is 3.59. The van der Waals surface area contributed by atoms with Crippen LogP contribution in [0.25, 0.3) is 0 Å². The van der Waals surface area contributed by atoms with Crippen molar-refractivity contribution in [2.24, 2.45) is 5.41 Å². The summed E-state index contributed by atoms with van der Waals surface area (Å²) >= 11 is 0. The van der Waals surface area contributed by atoms with E-state index in [0.29, 0.717) is 19.3 Å². The van der Waals surface area contributed by atoms with Crippen molar-refractivity contribution in [3.8, 4) is 0 Å². The summed E-state index contributed by atoms with van der Waals surface area (Å²) in [6, 6.07) is 0. The van der Waals surface area contributed by atoms with Crippen LogP contribution in [0.2, 0.25) is 0 Å². The van der Waals surface area contributed by atoms with Crippen LogP contribution in [-0.2, 0) is 9.53 Å². The molecule has 1 fully saturated rings. The van der Waals surface area contributed by atoms with Crippen LogP contribution in [0.15, 0.2) is 12.7 Å². The molecule has 2 atom stereocenters. The molecule has 1 aliphatic rings. The molecule has 0 aromatic heterocycles. The van der Waals surface area contributed by atoms with E-state index in [9.17, 15) is 9.90 Å². The predicted molar refractivity (Wildman–Crippen MR) is 62.9 cm³/mol. The molecule has 92 valence electrons. The highest BCUT2D eigenvalue weighted by Crippen LogP contribution is 2.37. The van der Waals surface area contributed by atoms with Crippen LogP contribution < -0.4 is 0 Å². The van der Waals surface area contributed by atoms with Crippen molar-refractivity contribution in [3.05, 3.63) is 12.7 Å². The Morgan fingerprint density at radius 3 is 2.69 bits per heavy atom. The number of aliphatic hydroxyl groups is 1. The van der Waals surface area contributed by atoms with Crippen molar-refractivity contribution < 1.29 is 14.6 Å². The number of esters is 1. The van der Waals surface area contributed by atoms with E-state index in [2.05, 4.69) is 6.58 Å². The van der Waals surface area contributed by atoms with Gasteiger partial charge in [-0.1, -0.05) is 13.5 Å². The fraction of sp³-hybridized carbons (Fsp3) is 0.769. The van der Waals surface area contributed by atoms with Gasteiger partial charge in [0, 0.05) is 6.42 Å². The van der Waals surface area contributed by atoms with Gasteiger partial charge in [-0.3, -0.25) is 4.79 Å². The predicted octanol–water partition coefficient (Wildman–Crippen LogP) is 2.44. The minimum Gasteiger partial charge on any atom is -0.454 e. The van der Waals surface area contributed by atoms with E-state index in [4.69, 9.17) is 4.74 Å². The van der Waals surface area contributed by atoms with E-state index in [1.54, 1.807) is 6.08 Å². The highest BCUT2D eigenvalue weighted by molar-refractivity contribution is 5.76. The van der Waals surface area contributed by atoms with Crippen molar-refractivity contribution in [2.45, 2.75) is 58.2 Å². The molecule has 0 aliphatic heterocycles. The largest absolute Gasteiger partial charge is 0.454 e. The maximum atomic E-state index is 12.0. The van der Waals surface area contributed by atoms with Crippen LogP contribution in [0.5, 0.6) is 0 Å². The zero-order valence-electron chi connectivity index (χ0n) is 10.5. The fourth-order valence-corrected chi connectivity index (χ4v) is 1.80. The number of aliphatic hydroxyl groups excluding tert-OH is 1. The molecule has 3 nitrogen and oxygen atoms in total. The highest BCUT2D eigenvalue weighted by Gasteiger charge is 2.42. The van der Waals surface area contributed by atoms with Gasteiger partial charge in [0.15, 0.2) is 0 Å². The molecule has 1 aliphatic carbocycles. The van der Waals surface area contributed by atoms with Crippen molar-refractivity contribution >= 4 is 5.97 Å². The van der Waals surface area contributed by atoms with E-state index in [1.165, 1.54) is 0 Å². The molecule has 1 N–H and O–H groups in total. The van der Waals surface area contributed by atoms with Gasteiger partial charge in [-0.2, -0.15) is 0 Å². The Bertz CT molecular complexity index is 283. The third kappa shape index (κ3) is 2.64. The summed E-state index contributed by atoms with van der Waals surface area (Å²) < 4.78 is 5.56. The minimum atomic E-state index is -0.650. The molecular formula is C13H22O3.